The molecule has 1 amide bonds. The number of carbonyl (C=O) groups excluding carboxylic acids is 2. The van der Waals surface area contributed by atoms with Crippen LogP contribution in [0.2, 0.25) is 5.02 Å². The molecule has 0 aliphatic carbocycles. The predicted molar refractivity (Wildman–Crippen MR) is 97.4 cm³/mol. The summed E-state index contributed by atoms with van der Waals surface area (Å²) in [6.07, 6.45) is 0. The molecule has 0 unspecified atom stereocenters. The zero-order chi connectivity index (χ0) is 19.7. The number of fused-ring (bicyclic) bond motifs is 1. The van der Waals surface area contributed by atoms with Crippen LogP contribution in [0.25, 0.3) is 10.1 Å². The Hall–Kier alpha value is -2.71. The van der Waals surface area contributed by atoms with Crippen LogP contribution >= 0.6 is 22.9 Å². The number of thiophene rings is 1. The molecule has 0 aliphatic heterocycles. The topological polar surface area (TPSA) is 78.6 Å². The van der Waals surface area contributed by atoms with Crippen LogP contribution in [-0.4, -0.2) is 19.0 Å². The molecule has 0 saturated carbocycles. The summed E-state index contributed by atoms with van der Waals surface area (Å²) in [4.78, 5) is 23.4. The first-order valence-electron chi connectivity index (χ1n) is 7.53. The summed E-state index contributed by atoms with van der Waals surface area (Å²) in [6, 6.07) is 6.66. The molecule has 0 spiro atoms. The average Bonchev–Trinajstić information content (AvgIpc) is 3.00. The molecule has 0 fully saturated rings. The van der Waals surface area contributed by atoms with Crippen molar-refractivity contribution >= 4 is 44.9 Å². The van der Waals surface area contributed by atoms with Gasteiger partial charge in [0.25, 0.3) is 0 Å². The van der Waals surface area contributed by atoms with Gasteiger partial charge in [-0.3, -0.25) is 4.79 Å². The highest BCUT2D eigenvalue weighted by atomic mass is 35.5. The molecule has 2 aromatic carbocycles. The van der Waals surface area contributed by atoms with E-state index in [-0.39, 0.29) is 17.0 Å². The van der Waals surface area contributed by atoms with Gasteiger partial charge in [-0.25, -0.2) is 13.6 Å². The molecule has 1 heterocycles. The van der Waals surface area contributed by atoms with Gasteiger partial charge in [-0.1, -0.05) is 17.7 Å². The molecule has 0 bridgehead atoms. The van der Waals surface area contributed by atoms with Crippen molar-refractivity contribution in [2.75, 3.05) is 7.11 Å². The summed E-state index contributed by atoms with van der Waals surface area (Å²) in [5.41, 5.74) is 5.05. The second-order valence-electron chi connectivity index (χ2n) is 5.44. The third-order valence-electron chi connectivity index (χ3n) is 3.78. The fourth-order valence-corrected chi connectivity index (χ4v) is 4.04. The summed E-state index contributed by atoms with van der Waals surface area (Å²) in [6.45, 7) is -0.335. The maximum absolute atomic E-state index is 14.1. The molecule has 0 aliphatic rings. The molecule has 0 atom stereocenters. The lowest BCUT2D eigenvalue weighted by molar-refractivity contribution is 0.0603. The number of primary amides is 1. The van der Waals surface area contributed by atoms with E-state index in [4.69, 9.17) is 26.8 Å². The minimum atomic E-state index is -1.09. The van der Waals surface area contributed by atoms with Gasteiger partial charge < -0.3 is 15.2 Å². The first kappa shape index (κ1) is 19.1. The number of benzene rings is 2. The summed E-state index contributed by atoms with van der Waals surface area (Å²) in [5.74, 6) is -4.45. The number of methoxy groups -OCH3 is 1. The quantitative estimate of drug-likeness (QED) is 0.635. The van der Waals surface area contributed by atoms with Crippen LogP contribution in [0.3, 0.4) is 0 Å². The summed E-state index contributed by atoms with van der Waals surface area (Å²) in [5, 5.41) is 0.904. The lowest BCUT2D eigenvalue weighted by Crippen LogP contribution is -2.12. The van der Waals surface area contributed by atoms with Crippen molar-refractivity contribution in [1.82, 2.24) is 0 Å². The van der Waals surface area contributed by atoms with E-state index in [9.17, 15) is 18.4 Å². The average molecular weight is 412 g/mol. The Labute approximate surface area is 161 Å². The second-order valence-corrected chi connectivity index (χ2v) is 6.90. The Morgan fingerprint density at radius 1 is 1.22 bits per heavy atom. The molecule has 0 saturated heterocycles. The minimum absolute atomic E-state index is 0.218. The maximum Gasteiger partial charge on any atom is 0.348 e. The number of hydrogen-bond acceptors (Lipinski definition) is 5. The van der Waals surface area contributed by atoms with Gasteiger partial charge >= 0.3 is 5.97 Å². The Bertz CT molecular complexity index is 1040. The van der Waals surface area contributed by atoms with Gasteiger partial charge in [-0.2, -0.15) is 0 Å². The molecule has 3 rings (SSSR count). The molecule has 5 nitrogen and oxygen atoms in total. The molecule has 140 valence electrons. The number of nitrogens with two attached hydrogens (primary N) is 1. The van der Waals surface area contributed by atoms with Crippen LogP contribution in [0.1, 0.15) is 25.6 Å². The Morgan fingerprint density at radius 2 is 1.89 bits per heavy atom. The van der Waals surface area contributed by atoms with Gasteiger partial charge in [0.05, 0.1) is 7.11 Å². The molecular formula is C18H12ClF2NO4S. The van der Waals surface area contributed by atoms with E-state index >= 15 is 0 Å². The van der Waals surface area contributed by atoms with E-state index in [0.29, 0.717) is 20.7 Å². The summed E-state index contributed by atoms with van der Waals surface area (Å²) >= 11 is 7.36. The number of amides is 1. The van der Waals surface area contributed by atoms with Crippen LogP contribution in [0.5, 0.6) is 5.75 Å². The van der Waals surface area contributed by atoms with Gasteiger partial charge in [0.2, 0.25) is 5.91 Å². The molecular weight excluding hydrogens is 400 g/mol. The van der Waals surface area contributed by atoms with E-state index in [1.165, 1.54) is 7.11 Å². The van der Waals surface area contributed by atoms with Crippen LogP contribution in [0, 0.1) is 11.6 Å². The van der Waals surface area contributed by atoms with Crippen molar-refractivity contribution in [3.05, 3.63) is 63.0 Å². The number of halogens is 3. The number of rotatable bonds is 5. The van der Waals surface area contributed by atoms with E-state index in [1.54, 1.807) is 18.2 Å². The largest absolute Gasteiger partial charge is 0.483 e. The Balaban J connectivity index is 2.03. The number of ether oxygens (including phenoxy) is 2. The molecule has 27 heavy (non-hydrogen) atoms. The molecule has 3 aromatic rings. The van der Waals surface area contributed by atoms with Crippen molar-refractivity contribution in [1.29, 1.82) is 0 Å². The van der Waals surface area contributed by atoms with Crippen LogP contribution in [0.15, 0.2) is 30.3 Å². The lowest BCUT2D eigenvalue weighted by atomic mass is 10.1. The first-order valence-corrected chi connectivity index (χ1v) is 8.72. The molecule has 0 radical (unpaired) electrons. The van der Waals surface area contributed by atoms with Gasteiger partial charge in [0.1, 0.15) is 11.5 Å². The van der Waals surface area contributed by atoms with Gasteiger partial charge in [0.15, 0.2) is 17.4 Å². The van der Waals surface area contributed by atoms with E-state index in [2.05, 4.69) is 0 Å². The van der Waals surface area contributed by atoms with Gasteiger partial charge in [-0.05, 0) is 24.3 Å². The highest BCUT2D eigenvalue weighted by Crippen LogP contribution is 2.37. The number of esters is 1. The Morgan fingerprint density at radius 3 is 2.48 bits per heavy atom. The van der Waals surface area contributed by atoms with Crippen molar-refractivity contribution in [3.8, 4) is 5.75 Å². The lowest BCUT2D eigenvalue weighted by Gasteiger charge is -2.10. The fraction of sp³-hybridized carbons (Fsp3) is 0.111. The normalized spacial score (nSPS) is 10.8. The van der Waals surface area contributed by atoms with E-state index in [0.717, 1.165) is 23.5 Å². The van der Waals surface area contributed by atoms with Crippen LogP contribution < -0.4 is 10.5 Å². The SMILES string of the molecule is COC(=O)c1sc2cccc(Cl)c2c1COc1c(F)cc(C(N)=O)cc1F. The highest BCUT2D eigenvalue weighted by molar-refractivity contribution is 7.21. The first-order chi connectivity index (χ1) is 12.8. The van der Waals surface area contributed by atoms with Gasteiger partial charge in [-0.15, -0.1) is 11.3 Å². The molecule has 9 heteroatoms. The van der Waals surface area contributed by atoms with Crippen molar-refractivity contribution in [3.63, 3.8) is 0 Å². The fourth-order valence-electron chi connectivity index (χ4n) is 2.55. The van der Waals surface area contributed by atoms with Crippen molar-refractivity contribution < 1.29 is 27.8 Å². The smallest absolute Gasteiger partial charge is 0.348 e. The standard InChI is InChI=1S/C18H12ClF2NO4S/c1-25-18(24)16-9(14-10(19)3-2-4-13(14)27-16)7-26-15-11(20)5-8(17(22)23)6-12(15)21/h2-6H,7H2,1H3,(H2,22,23). The van der Waals surface area contributed by atoms with Crippen molar-refractivity contribution in [2.45, 2.75) is 6.61 Å². The van der Waals surface area contributed by atoms with Gasteiger partial charge in [0, 0.05) is 26.2 Å². The molecule has 2 N–H and O–H groups in total. The highest BCUT2D eigenvalue weighted by Gasteiger charge is 2.23. The minimum Gasteiger partial charge on any atom is -0.483 e. The summed E-state index contributed by atoms with van der Waals surface area (Å²) in [7, 11) is 1.22. The van der Waals surface area contributed by atoms with Crippen LogP contribution in [-0.2, 0) is 11.3 Å². The third kappa shape index (κ3) is 3.58. The molecule has 1 aromatic heterocycles. The number of carbonyl (C=O) groups is 2. The van der Waals surface area contributed by atoms with Crippen LogP contribution in [0.4, 0.5) is 8.78 Å². The zero-order valence-corrected chi connectivity index (χ0v) is 15.4. The van der Waals surface area contributed by atoms with E-state index < -0.39 is 29.3 Å². The maximum atomic E-state index is 14.1. The number of hydrogen-bond donors (Lipinski definition) is 1. The second kappa shape index (κ2) is 7.50. The van der Waals surface area contributed by atoms with E-state index in [1.807, 2.05) is 0 Å². The predicted octanol–water partition coefficient (Wildman–Crippen LogP) is 4.30. The zero-order valence-electron chi connectivity index (χ0n) is 13.8. The third-order valence-corrected chi connectivity index (χ3v) is 5.27. The monoisotopic (exact) mass is 411 g/mol. The van der Waals surface area contributed by atoms with Crippen molar-refractivity contribution in [2.24, 2.45) is 5.73 Å². The summed E-state index contributed by atoms with van der Waals surface area (Å²) < 4.78 is 39.0. The Kier molecular flexibility index (Phi) is 5.29.